The molecule has 1 N–H and O–H groups in total. The fourth-order valence-electron chi connectivity index (χ4n) is 2.64. The highest BCUT2D eigenvalue weighted by molar-refractivity contribution is 5.64. The molecule has 0 saturated carbocycles. The van der Waals surface area contributed by atoms with Crippen LogP contribution in [0.1, 0.15) is 25.8 Å². The lowest BCUT2D eigenvalue weighted by molar-refractivity contribution is 0.0639. The SMILES string of the molecule is COc1cccc2c1CC(CC(C)(C)O)N2C. The van der Waals surface area contributed by atoms with Crippen LogP contribution >= 0.6 is 0 Å². The van der Waals surface area contributed by atoms with Crippen LogP contribution in [0.4, 0.5) is 5.69 Å². The number of aliphatic hydroxyl groups is 1. The molecule has 0 saturated heterocycles. The maximum Gasteiger partial charge on any atom is 0.124 e. The van der Waals surface area contributed by atoms with Crippen molar-refractivity contribution in [3.05, 3.63) is 23.8 Å². The highest BCUT2D eigenvalue weighted by Gasteiger charge is 2.32. The minimum Gasteiger partial charge on any atom is -0.496 e. The molecule has 1 aliphatic heterocycles. The molecule has 0 fully saturated rings. The normalized spacial score (nSPS) is 19.4. The summed E-state index contributed by atoms with van der Waals surface area (Å²) in [6, 6.07) is 6.48. The predicted octanol–water partition coefficient (Wildman–Crippen LogP) is 2.22. The quantitative estimate of drug-likeness (QED) is 0.872. The Balaban J connectivity index is 2.26. The Morgan fingerprint density at radius 1 is 1.47 bits per heavy atom. The van der Waals surface area contributed by atoms with Crippen molar-refractivity contribution in [1.82, 2.24) is 0 Å². The highest BCUT2D eigenvalue weighted by atomic mass is 16.5. The lowest BCUT2D eigenvalue weighted by Crippen LogP contribution is -2.35. The van der Waals surface area contributed by atoms with E-state index in [9.17, 15) is 5.11 Å². The van der Waals surface area contributed by atoms with Gasteiger partial charge in [0.1, 0.15) is 5.75 Å². The average Bonchev–Trinajstić information content (AvgIpc) is 2.54. The summed E-state index contributed by atoms with van der Waals surface area (Å²) in [6.45, 7) is 3.72. The summed E-state index contributed by atoms with van der Waals surface area (Å²) in [5.41, 5.74) is 1.85. The third-order valence-corrected chi connectivity index (χ3v) is 3.43. The molecule has 0 radical (unpaired) electrons. The molecular formula is C14H21NO2. The summed E-state index contributed by atoms with van der Waals surface area (Å²) in [7, 11) is 3.79. The van der Waals surface area contributed by atoms with Crippen molar-refractivity contribution in [1.29, 1.82) is 0 Å². The standard InChI is InChI=1S/C14H21NO2/c1-14(2,16)9-10-8-11-12(15(10)3)6-5-7-13(11)17-4/h5-7,10,16H,8-9H2,1-4H3. The number of anilines is 1. The van der Waals surface area contributed by atoms with Crippen LogP contribution in [0, 0.1) is 0 Å². The summed E-state index contributed by atoms with van der Waals surface area (Å²) < 4.78 is 5.39. The van der Waals surface area contributed by atoms with Crippen molar-refractivity contribution in [2.24, 2.45) is 0 Å². The van der Waals surface area contributed by atoms with Gasteiger partial charge in [-0.3, -0.25) is 0 Å². The maximum atomic E-state index is 9.94. The van der Waals surface area contributed by atoms with Gasteiger partial charge in [-0.25, -0.2) is 0 Å². The van der Waals surface area contributed by atoms with Gasteiger partial charge in [0, 0.05) is 24.3 Å². The molecular weight excluding hydrogens is 214 g/mol. The first-order valence-electron chi connectivity index (χ1n) is 6.03. The summed E-state index contributed by atoms with van der Waals surface area (Å²) in [5.74, 6) is 0.951. The zero-order valence-corrected chi connectivity index (χ0v) is 11.0. The molecule has 2 rings (SSSR count). The molecule has 1 aromatic carbocycles. The number of methoxy groups -OCH3 is 1. The van der Waals surface area contributed by atoms with Crippen LogP contribution in [0.15, 0.2) is 18.2 Å². The van der Waals surface area contributed by atoms with Crippen molar-refractivity contribution in [2.75, 3.05) is 19.1 Å². The fourth-order valence-corrected chi connectivity index (χ4v) is 2.64. The number of fused-ring (bicyclic) bond motifs is 1. The first-order valence-corrected chi connectivity index (χ1v) is 6.03. The lowest BCUT2D eigenvalue weighted by atomic mass is 9.96. The Morgan fingerprint density at radius 3 is 2.76 bits per heavy atom. The van der Waals surface area contributed by atoms with Gasteiger partial charge < -0.3 is 14.7 Å². The monoisotopic (exact) mass is 235 g/mol. The van der Waals surface area contributed by atoms with Crippen molar-refractivity contribution in [3.8, 4) is 5.75 Å². The van der Waals surface area contributed by atoms with E-state index in [0.717, 1.165) is 18.6 Å². The van der Waals surface area contributed by atoms with Gasteiger partial charge in [0.2, 0.25) is 0 Å². The lowest BCUT2D eigenvalue weighted by Gasteiger charge is -2.28. The molecule has 0 aliphatic carbocycles. The van der Waals surface area contributed by atoms with Crippen LogP contribution in [-0.2, 0) is 6.42 Å². The third kappa shape index (κ3) is 2.39. The zero-order chi connectivity index (χ0) is 12.6. The number of benzene rings is 1. The van der Waals surface area contributed by atoms with Crippen molar-refractivity contribution in [2.45, 2.75) is 38.3 Å². The predicted molar refractivity (Wildman–Crippen MR) is 69.8 cm³/mol. The van der Waals surface area contributed by atoms with Gasteiger partial charge in [0.25, 0.3) is 0 Å². The first kappa shape index (κ1) is 12.2. The number of likely N-dealkylation sites (N-methyl/N-ethyl adjacent to an activating group) is 1. The molecule has 1 aromatic rings. The fraction of sp³-hybridized carbons (Fsp3) is 0.571. The second-order valence-electron chi connectivity index (χ2n) is 5.44. The molecule has 0 amide bonds. The molecule has 1 atom stereocenters. The zero-order valence-electron chi connectivity index (χ0n) is 11.0. The number of rotatable bonds is 3. The molecule has 94 valence electrons. The van der Waals surface area contributed by atoms with E-state index in [1.165, 1.54) is 11.3 Å². The van der Waals surface area contributed by atoms with E-state index in [4.69, 9.17) is 4.74 Å². The Bertz CT molecular complexity index is 409. The smallest absolute Gasteiger partial charge is 0.124 e. The van der Waals surface area contributed by atoms with Crippen LogP contribution in [0.3, 0.4) is 0 Å². The van der Waals surface area contributed by atoms with Crippen LogP contribution in [0.25, 0.3) is 0 Å². The molecule has 1 unspecified atom stereocenters. The van der Waals surface area contributed by atoms with Gasteiger partial charge in [-0.2, -0.15) is 0 Å². The topological polar surface area (TPSA) is 32.7 Å². The minimum atomic E-state index is -0.631. The largest absolute Gasteiger partial charge is 0.496 e. The highest BCUT2D eigenvalue weighted by Crippen LogP contribution is 2.39. The van der Waals surface area contributed by atoms with Crippen molar-refractivity contribution < 1.29 is 9.84 Å². The molecule has 1 aliphatic rings. The van der Waals surface area contributed by atoms with Crippen molar-refractivity contribution >= 4 is 5.69 Å². The summed E-state index contributed by atoms with van der Waals surface area (Å²) in [6.07, 6.45) is 1.71. The Kier molecular flexibility index (Phi) is 3.04. The van der Waals surface area contributed by atoms with Gasteiger partial charge in [0.05, 0.1) is 12.7 Å². The van der Waals surface area contributed by atoms with Crippen LogP contribution < -0.4 is 9.64 Å². The number of nitrogens with zero attached hydrogens (tertiary/aromatic N) is 1. The minimum absolute atomic E-state index is 0.348. The molecule has 3 heteroatoms. The second kappa shape index (κ2) is 4.22. The molecule has 17 heavy (non-hydrogen) atoms. The third-order valence-electron chi connectivity index (χ3n) is 3.43. The van der Waals surface area contributed by atoms with Crippen LogP contribution in [-0.4, -0.2) is 30.9 Å². The van der Waals surface area contributed by atoms with Crippen LogP contribution in [0.5, 0.6) is 5.75 Å². The van der Waals surface area contributed by atoms with E-state index in [1.54, 1.807) is 7.11 Å². The number of ether oxygens (including phenoxy) is 1. The van der Waals surface area contributed by atoms with Gasteiger partial charge in [-0.1, -0.05) is 6.07 Å². The Hall–Kier alpha value is -1.22. The van der Waals surface area contributed by atoms with Crippen LogP contribution in [0.2, 0.25) is 0 Å². The number of hydrogen-bond donors (Lipinski definition) is 1. The van der Waals surface area contributed by atoms with Gasteiger partial charge in [-0.15, -0.1) is 0 Å². The summed E-state index contributed by atoms with van der Waals surface area (Å²) in [5, 5.41) is 9.94. The molecule has 3 nitrogen and oxygen atoms in total. The van der Waals surface area contributed by atoms with E-state index in [0.29, 0.717) is 6.04 Å². The second-order valence-corrected chi connectivity index (χ2v) is 5.44. The van der Waals surface area contributed by atoms with E-state index in [1.807, 2.05) is 26.0 Å². The van der Waals surface area contributed by atoms with Gasteiger partial charge >= 0.3 is 0 Å². The molecule has 0 aromatic heterocycles. The average molecular weight is 235 g/mol. The number of hydrogen-bond acceptors (Lipinski definition) is 3. The van der Waals surface area contributed by atoms with E-state index in [-0.39, 0.29) is 0 Å². The van der Waals surface area contributed by atoms with Gasteiger partial charge in [-0.05, 0) is 38.8 Å². The molecule has 0 spiro atoms. The first-order chi connectivity index (χ1) is 7.92. The maximum absolute atomic E-state index is 9.94. The Labute approximate surface area is 103 Å². The summed E-state index contributed by atoms with van der Waals surface area (Å²) in [4.78, 5) is 2.25. The van der Waals surface area contributed by atoms with Crippen molar-refractivity contribution in [3.63, 3.8) is 0 Å². The molecule has 1 heterocycles. The van der Waals surface area contributed by atoms with E-state index < -0.39 is 5.60 Å². The van der Waals surface area contributed by atoms with E-state index in [2.05, 4.69) is 18.0 Å². The Morgan fingerprint density at radius 2 is 2.18 bits per heavy atom. The van der Waals surface area contributed by atoms with Gasteiger partial charge in [0.15, 0.2) is 0 Å². The summed E-state index contributed by atoms with van der Waals surface area (Å²) >= 11 is 0. The molecule has 0 bridgehead atoms. The van der Waals surface area contributed by atoms with E-state index >= 15 is 0 Å².